The highest BCUT2D eigenvalue weighted by atomic mass is 16.5. The lowest BCUT2D eigenvalue weighted by Crippen LogP contribution is -2.20. The zero-order chi connectivity index (χ0) is 11.7. The summed E-state index contributed by atoms with van der Waals surface area (Å²) < 4.78 is 11.0. The van der Waals surface area contributed by atoms with E-state index in [1.807, 2.05) is 18.2 Å². The van der Waals surface area contributed by atoms with Gasteiger partial charge >= 0.3 is 0 Å². The lowest BCUT2D eigenvalue weighted by atomic mass is 9.98. The Labute approximate surface area is 101 Å². The molecule has 90 valence electrons. The van der Waals surface area contributed by atoms with Crippen LogP contribution in [0, 0.1) is 0 Å². The molecule has 0 amide bonds. The highest BCUT2D eigenvalue weighted by Gasteiger charge is 2.25. The molecule has 1 aromatic carbocycles. The Morgan fingerprint density at radius 2 is 2.18 bits per heavy atom. The van der Waals surface area contributed by atoms with Gasteiger partial charge in [-0.15, -0.1) is 0 Å². The first kappa shape index (κ1) is 10.8. The summed E-state index contributed by atoms with van der Waals surface area (Å²) >= 11 is 0. The van der Waals surface area contributed by atoms with Crippen molar-refractivity contribution in [2.24, 2.45) is 0 Å². The summed E-state index contributed by atoms with van der Waals surface area (Å²) in [5, 5.41) is 0. The van der Waals surface area contributed by atoms with Crippen LogP contribution in [0.25, 0.3) is 0 Å². The molecule has 2 heterocycles. The second-order valence-electron chi connectivity index (χ2n) is 4.64. The fraction of sp³-hybridized carbons (Fsp3) is 0.500. The number of ketones is 1. The summed E-state index contributed by atoms with van der Waals surface area (Å²) in [5.74, 6) is 1.05. The third-order valence-corrected chi connectivity index (χ3v) is 3.42. The van der Waals surface area contributed by atoms with Gasteiger partial charge in [0.05, 0.1) is 6.61 Å². The number of fused-ring (bicyclic) bond motifs is 1. The Balaban J connectivity index is 1.85. The Morgan fingerprint density at radius 1 is 1.24 bits per heavy atom. The smallest absolute Gasteiger partial charge is 0.191 e. The quantitative estimate of drug-likeness (QED) is 0.734. The number of aryl methyl sites for hydroxylation is 1. The van der Waals surface area contributed by atoms with Crippen LogP contribution in [0.15, 0.2) is 18.2 Å². The highest BCUT2D eigenvalue weighted by molar-refractivity contribution is 5.99. The van der Waals surface area contributed by atoms with Gasteiger partial charge in [-0.3, -0.25) is 4.79 Å². The molecule has 0 spiro atoms. The van der Waals surface area contributed by atoms with Crippen LogP contribution in [0.2, 0.25) is 0 Å². The third-order valence-electron chi connectivity index (χ3n) is 3.42. The molecule has 2 aliphatic rings. The molecule has 1 saturated heterocycles. The second kappa shape index (κ2) is 4.49. The van der Waals surface area contributed by atoms with E-state index in [-0.39, 0.29) is 11.9 Å². The molecule has 3 nitrogen and oxygen atoms in total. The van der Waals surface area contributed by atoms with E-state index < -0.39 is 0 Å². The van der Waals surface area contributed by atoms with Crippen molar-refractivity contribution in [1.82, 2.24) is 0 Å². The van der Waals surface area contributed by atoms with Gasteiger partial charge in [0.1, 0.15) is 11.9 Å². The van der Waals surface area contributed by atoms with Crippen LogP contribution in [0.3, 0.4) is 0 Å². The first-order valence-corrected chi connectivity index (χ1v) is 6.26. The van der Waals surface area contributed by atoms with E-state index in [0.29, 0.717) is 6.61 Å². The van der Waals surface area contributed by atoms with Crippen molar-refractivity contribution in [3.63, 3.8) is 0 Å². The van der Waals surface area contributed by atoms with Crippen molar-refractivity contribution in [3.05, 3.63) is 29.3 Å². The number of Topliss-reactive ketones (excluding diaryl/α,β-unsaturated/α-hetero) is 1. The maximum Gasteiger partial charge on any atom is 0.191 e. The number of carbonyl (C=O) groups is 1. The highest BCUT2D eigenvalue weighted by Crippen LogP contribution is 2.27. The number of hydrogen-bond donors (Lipinski definition) is 0. The van der Waals surface area contributed by atoms with Crippen molar-refractivity contribution in [3.8, 4) is 5.75 Å². The lowest BCUT2D eigenvalue weighted by molar-refractivity contribution is 0.0642. The fourth-order valence-electron chi connectivity index (χ4n) is 2.48. The molecule has 1 aromatic rings. The topological polar surface area (TPSA) is 35.5 Å². The molecule has 0 saturated carbocycles. The van der Waals surface area contributed by atoms with Crippen molar-refractivity contribution in [1.29, 1.82) is 0 Å². The predicted molar refractivity (Wildman–Crippen MR) is 63.6 cm³/mol. The molecule has 2 aliphatic heterocycles. The van der Waals surface area contributed by atoms with Gasteiger partial charge < -0.3 is 9.47 Å². The van der Waals surface area contributed by atoms with E-state index in [2.05, 4.69) is 0 Å². The maximum atomic E-state index is 12.2. The van der Waals surface area contributed by atoms with E-state index >= 15 is 0 Å². The van der Waals surface area contributed by atoms with Crippen LogP contribution < -0.4 is 4.74 Å². The van der Waals surface area contributed by atoms with E-state index in [9.17, 15) is 4.79 Å². The van der Waals surface area contributed by atoms with Gasteiger partial charge in [0.2, 0.25) is 0 Å². The van der Waals surface area contributed by atoms with Crippen LogP contribution in [0.5, 0.6) is 5.75 Å². The molecular weight excluding hydrogens is 216 g/mol. The lowest BCUT2D eigenvalue weighted by Gasteiger charge is -2.18. The molecule has 1 atom stereocenters. The van der Waals surface area contributed by atoms with Gasteiger partial charge in [0.25, 0.3) is 0 Å². The van der Waals surface area contributed by atoms with Gasteiger partial charge in [-0.2, -0.15) is 0 Å². The predicted octanol–water partition coefficient (Wildman–Crippen LogP) is 2.37. The number of ether oxygens (including phenoxy) is 2. The zero-order valence-corrected chi connectivity index (χ0v) is 9.78. The number of hydrogen-bond acceptors (Lipinski definition) is 3. The van der Waals surface area contributed by atoms with Gasteiger partial charge in [-0.05, 0) is 49.4 Å². The molecular formula is C14H16O3. The molecule has 1 fully saturated rings. The largest absolute Gasteiger partial charge is 0.493 e. The Kier molecular flexibility index (Phi) is 2.85. The standard InChI is InChI=1S/C14H16O3/c15-14(13-4-2-8-17-13)11-5-6-12-10(9-11)3-1-7-16-12/h5-6,9,13H,1-4,7-8H2. The first-order chi connectivity index (χ1) is 8.34. The molecule has 3 rings (SSSR count). The maximum absolute atomic E-state index is 12.2. The second-order valence-corrected chi connectivity index (χ2v) is 4.64. The molecule has 0 radical (unpaired) electrons. The van der Waals surface area contributed by atoms with Crippen molar-refractivity contribution in [2.75, 3.05) is 13.2 Å². The molecule has 1 unspecified atom stereocenters. The van der Waals surface area contributed by atoms with E-state index in [1.165, 1.54) is 0 Å². The summed E-state index contributed by atoms with van der Waals surface area (Å²) in [7, 11) is 0. The minimum Gasteiger partial charge on any atom is -0.493 e. The van der Waals surface area contributed by atoms with Crippen molar-refractivity contribution < 1.29 is 14.3 Å². The molecule has 0 bridgehead atoms. The summed E-state index contributed by atoms with van der Waals surface area (Å²) in [6.45, 7) is 1.50. The Morgan fingerprint density at radius 3 is 3.00 bits per heavy atom. The van der Waals surface area contributed by atoms with Gasteiger partial charge in [0, 0.05) is 12.2 Å². The first-order valence-electron chi connectivity index (χ1n) is 6.26. The third kappa shape index (κ3) is 2.07. The van der Waals surface area contributed by atoms with E-state index in [4.69, 9.17) is 9.47 Å². The summed E-state index contributed by atoms with van der Waals surface area (Å²) in [6.07, 6.45) is 3.65. The van der Waals surface area contributed by atoms with Gasteiger partial charge in [-0.25, -0.2) is 0 Å². The van der Waals surface area contributed by atoms with Crippen LogP contribution >= 0.6 is 0 Å². The molecule has 0 N–H and O–H groups in total. The van der Waals surface area contributed by atoms with Crippen molar-refractivity contribution in [2.45, 2.75) is 31.8 Å². The van der Waals surface area contributed by atoms with Crippen molar-refractivity contribution >= 4 is 5.78 Å². The molecule has 17 heavy (non-hydrogen) atoms. The minimum atomic E-state index is -0.224. The minimum absolute atomic E-state index is 0.121. The van der Waals surface area contributed by atoms with Crippen LogP contribution in [0.4, 0.5) is 0 Å². The van der Waals surface area contributed by atoms with Crippen LogP contribution in [-0.2, 0) is 11.2 Å². The Bertz CT molecular complexity index is 433. The normalized spacial score (nSPS) is 22.9. The number of benzene rings is 1. The summed E-state index contributed by atoms with van der Waals surface area (Å²) in [5.41, 5.74) is 1.92. The fourth-order valence-corrected chi connectivity index (χ4v) is 2.48. The van der Waals surface area contributed by atoms with Crippen LogP contribution in [-0.4, -0.2) is 25.1 Å². The van der Waals surface area contributed by atoms with E-state index in [0.717, 1.165) is 49.2 Å². The summed E-state index contributed by atoms with van der Waals surface area (Å²) in [4.78, 5) is 12.2. The Hall–Kier alpha value is -1.35. The van der Waals surface area contributed by atoms with Crippen LogP contribution in [0.1, 0.15) is 35.2 Å². The molecule has 0 aromatic heterocycles. The number of rotatable bonds is 2. The average Bonchev–Trinajstić information content (AvgIpc) is 2.91. The van der Waals surface area contributed by atoms with Gasteiger partial charge in [-0.1, -0.05) is 0 Å². The monoisotopic (exact) mass is 232 g/mol. The zero-order valence-electron chi connectivity index (χ0n) is 9.78. The average molecular weight is 232 g/mol. The summed E-state index contributed by atoms with van der Waals surface area (Å²) in [6, 6.07) is 5.74. The van der Waals surface area contributed by atoms with Gasteiger partial charge in [0.15, 0.2) is 5.78 Å². The molecule has 0 aliphatic carbocycles. The molecule has 3 heteroatoms. The van der Waals surface area contributed by atoms with E-state index in [1.54, 1.807) is 0 Å². The number of carbonyl (C=O) groups excluding carboxylic acids is 1. The SMILES string of the molecule is O=C(c1ccc2c(c1)CCCO2)C1CCCO1.